The summed E-state index contributed by atoms with van der Waals surface area (Å²) in [4.78, 5) is 10.5. The number of hydrogen-bond acceptors (Lipinski definition) is 2. The molecule has 0 amide bonds. The molecule has 0 saturated heterocycles. The number of benzene rings is 1. The topological polar surface area (TPSA) is 26.3 Å². The number of ether oxygens (including phenoxy) is 1. The lowest BCUT2D eigenvalue weighted by molar-refractivity contribution is -0.108. The van der Waals surface area contributed by atoms with Gasteiger partial charge in [-0.3, -0.25) is 4.79 Å². The second kappa shape index (κ2) is 4.67. The Morgan fingerprint density at radius 1 is 1.43 bits per heavy atom. The van der Waals surface area contributed by atoms with Crippen LogP contribution in [-0.2, 0) is 11.2 Å². The summed E-state index contributed by atoms with van der Waals surface area (Å²) in [5, 5.41) is 0. The Morgan fingerprint density at radius 2 is 2.07 bits per heavy atom. The van der Waals surface area contributed by atoms with Crippen molar-refractivity contribution in [2.24, 2.45) is 0 Å². The maximum Gasteiger partial charge on any atom is 0.177 e. The number of para-hydroxylation sites is 1. The lowest BCUT2D eigenvalue weighted by Crippen LogP contribution is -2.18. The zero-order valence-electron chi connectivity index (χ0n) is 7.67. The lowest BCUT2D eigenvalue weighted by atomic mass is 10.1. The minimum atomic E-state index is -1.38. The van der Waals surface area contributed by atoms with Gasteiger partial charge in [0.2, 0.25) is 0 Å². The Labute approximate surface area is 92.8 Å². The molecule has 4 heteroatoms. The predicted octanol–water partition coefficient (Wildman–Crippen LogP) is 2.61. The van der Waals surface area contributed by atoms with Crippen molar-refractivity contribution in [1.82, 2.24) is 0 Å². The van der Waals surface area contributed by atoms with Gasteiger partial charge in [-0.25, -0.2) is 0 Å². The fourth-order valence-electron chi connectivity index (χ4n) is 1.14. The molecule has 0 saturated carbocycles. The van der Waals surface area contributed by atoms with E-state index in [2.05, 4.69) is 0 Å². The highest BCUT2D eigenvalue weighted by atomic mass is 35.5. The van der Waals surface area contributed by atoms with Crippen molar-refractivity contribution in [2.45, 2.75) is 10.8 Å². The van der Waals surface area contributed by atoms with Crippen LogP contribution in [-0.4, -0.2) is 17.7 Å². The summed E-state index contributed by atoms with van der Waals surface area (Å²) >= 11 is 11.5. The summed E-state index contributed by atoms with van der Waals surface area (Å²) in [6.45, 7) is 0. The van der Waals surface area contributed by atoms with E-state index in [1.807, 2.05) is 18.2 Å². The highest BCUT2D eigenvalue weighted by Crippen LogP contribution is 2.28. The van der Waals surface area contributed by atoms with Crippen LogP contribution >= 0.6 is 23.2 Å². The zero-order valence-corrected chi connectivity index (χ0v) is 9.18. The van der Waals surface area contributed by atoms with E-state index in [1.54, 1.807) is 13.2 Å². The smallest absolute Gasteiger partial charge is 0.177 e. The molecule has 0 unspecified atom stereocenters. The standard InChI is InChI=1S/C10H10Cl2O2/c1-14-9-5-3-2-4-8(9)6-10(11,12)7-13/h2-5,7H,6H2,1H3. The van der Waals surface area contributed by atoms with Crippen LogP contribution < -0.4 is 4.74 Å². The van der Waals surface area contributed by atoms with Gasteiger partial charge in [-0.05, 0) is 11.6 Å². The van der Waals surface area contributed by atoms with Gasteiger partial charge in [0.05, 0.1) is 7.11 Å². The van der Waals surface area contributed by atoms with E-state index in [4.69, 9.17) is 27.9 Å². The lowest BCUT2D eigenvalue weighted by Gasteiger charge is -2.14. The van der Waals surface area contributed by atoms with E-state index in [1.165, 1.54) is 0 Å². The van der Waals surface area contributed by atoms with E-state index in [-0.39, 0.29) is 6.42 Å². The van der Waals surface area contributed by atoms with E-state index >= 15 is 0 Å². The number of aldehydes is 1. The summed E-state index contributed by atoms with van der Waals surface area (Å²) in [6.07, 6.45) is 0.756. The Kier molecular flexibility index (Phi) is 3.78. The molecule has 0 aliphatic rings. The summed E-state index contributed by atoms with van der Waals surface area (Å²) in [5.41, 5.74) is 0.812. The third-order valence-electron chi connectivity index (χ3n) is 1.79. The molecule has 14 heavy (non-hydrogen) atoms. The van der Waals surface area contributed by atoms with E-state index in [9.17, 15) is 4.79 Å². The summed E-state index contributed by atoms with van der Waals surface area (Å²) in [6, 6.07) is 7.30. The van der Waals surface area contributed by atoms with Gasteiger partial charge in [0.25, 0.3) is 0 Å². The van der Waals surface area contributed by atoms with Crippen molar-refractivity contribution < 1.29 is 9.53 Å². The van der Waals surface area contributed by atoms with Crippen LogP contribution in [0.4, 0.5) is 0 Å². The molecule has 1 rings (SSSR count). The Morgan fingerprint density at radius 3 is 2.64 bits per heavy atom. The monoisotopic (exact) mass is 232 g/mol. The fourth-order valence-corrected chi connectivity index (χ4v) is 1.43. The first-order valence-corrected chi connectivity index (χ1v) is 4.81. The van der Waals surface area contributed by atoms with Crippen LogP contribution in [0.3, 0.4) is 0 Å². The Balaban J connectivity index is 2.90. The van der Waals surface area contributed by atoms with E-state index in [0.717, 1.165) is 5.56 Å². The molecule has 0 bridgehead atoms. The molecule has 0 fully saturated rings. The molecule has 0 aromatic heterocycles. The number of carbonyl (C=O) groups is 1. The van der Waals surface area contributed by atoms with Crippen LogP contribution in [0.1, 0.15) is 5.56 Å². The molecule has 0 spiro atoms. The molecule has 76 valence electrons. The number of alkyl halides is 2. The normalized spacial score (nSPS) is 11.1. The maximum atomic E-state index is 10.5. The molecule has 1 aromatic carbocycles. The summed E-state index contributed by atoms with van der Waals surface area (Å²) in [5.74, 6) is 0.681. The highest BCUT2D eigenvalue weighted by molar-refractivity contribution is 6.55. The molecule has 2 nitrogen and oxygen atoms in total. The van der Waals surface area contributed by atoms with Crippen molar-refractivity contribution >= 4 is 29.5 Å². The van der Waals surface area contributed by atoms with Crippen LogP contribution in [0.5, 0.6) is 5.75 Å². The third kappa shape index (κ3) is 2.89. The number of methoxy groups -OCH3 is 1. The Bertz CT molecular complexity index is 324. The van der Waals surface area contributed by atoms with Crippen LogP contribution in [0.25, 0.3) is 0 Å². The van der Waals surface area contributed by atoms with Crippen molar-refractivity contribution in [3.63, 3.8) is 0 Å². The number of halogens is 2. The van der Waals surface area contributed by atoms with Gasteiger partial charge in [-0.2, -0.15) is 0 Å². The SMILES string of the molecule is COc1ccccc1CC(Cl)(Cl)C=O. The largest absolute Gasteiger partial charge is 0.496 e. The fraction of sp³-hybridized carbons (Fsp3) is 0.300. The number of carbonyl (C=O) groups excluding carboxylic acids is 1. The molecule has 0 heterocycles. The first-order chi connectivity index (χ1) is 6.59. The molecule has 0 aliphatic heterocycles. The van der Waals surface area contributed by atoms with Gasteiger partial charge in [0.1, 0.15) is 5.75 Å². The molecule has 0 aliphatic carbocycles. The number of rotatable bonds is 4. The first-order valence-electron chi connectivity index (χ1n) is 4.05. The van der Waals surface area contributed by atoms with E-state index in [0.29, 0.717) is 12.0 Å². The second-order valence-corrected chi connectivity index (χ2v) is 4.41. The molecule has 0 N–H and O–H groups in total. The third-order valence-corrected chi connectivity index (χ3v) is 2.24. The molecule has 1 aromatic rings. The maximum absolute atomic E-state index is 10.5. The summed E-state index contributed by atoms with van der Waals surface area (Å²) in [7, 11) is 1.56. The second-order valence-electron chi connectivity index (χ2n) is 2.87. The molecular weight excluding hydrogens is 223 g/mol. The quantitative estimate of drug-likeness (QED) is 0.590. The molecular formula is C10H10Cl2O2. The van der Waals surface area contributed by atoms with Gasteiger partial charge < -0.3 is 4.74 Å². The minimum Gasteiger partial charge on any atom is -0.496 e. The van der Waals surface area contributed by atoms with Crippen LogP contribution in [0, 0.1) is 0 Å². The molecule has 0 radical (unpaired) electrons. The van der Waals surface area contributed by atoms with Gasteiger partial charge >= 0.3 is 0 Å². The van der Waals surface area contributed by atoms with Gasteiger partial charge in [-0.15, -0.1) is 0 Å². The highest BCUT2D eigenvalue weighted by Gasteiger charge is 2.24. The van der Waals surface area contributed by atoms with Crippen molar-refractivity contribution in [1.29, 1.82) is 0 Å². The van der Waals surface area contributed by atoms with Crippen molar-refractivity contribution in [2.75, 3.05) is 7.11 Å². The van der Waals surface area contributed by atoms with Gasteiger partial charge in [-0.1, -0.05) is 41.4 Å². The van der Waals surface area contributed by atoms with Gasteiger partial charge in [0, 0.05) is 6.42 Å². The number of hydrogen-bond donors (Lipinski definition) is 0. The molecule has 0 atom stereocenters. The van der Waals surface area contributed by atoms with Crippen LogP contribution in [0.15, 0.2) is 24.3 Å². The summed E-state index contributed by atoms with van der Waals surface area (Å²) < 4.78 is 3.72. The van der Waals surface area contributed by atoms with Crippen molar-refractivity contribution in [3.8, 4) is 5.75 Å². The van der Waals surface area contributed by atoms with E-state index < -0.39 is 4.33 Å². The van der Waals surface area contributed by atoms with Crippen LogP contribution in [0.2, 0.25) is 0 Å². The average molecular weight is 233 g/mol. The minimum absolute atomic E-state index is 0.240. The zero-order chi connectivity index (χ0) is 10.6. The van der Waals surface area contributed by atoms with Crippen molar-refractivity contribution in [3.05, 3.63) is 29.8 Å². The average Bonchev–Trinajstić information content (AvgIpc) is 2.18. The Hall–Kier alpha value is -0.730. The van der Waals surface area contributed by atoms with Gasteiger partial charge in [0.15, 0.2) is 10.6 Å². The predicted molar refractivity (Wildman–Crippen MR) is 57.2 cm³/mol. The first kappa shape index (κ1) is 11.3.